The minimum atomic E-state index is -3.07. The average molecular weight is 340 g/mol. The Morgan fingerprint density at radius 3 is 2.70 bits per heavy atom. The number of fused-ring (bicyclic) bond motifs is 1. The van der Waals surface area contributed by atoms with Crippen molar-refractivity contribution in [3.63, 3.8) is 0 Å². The number of hydrogen-bond acceptors (Lipinski definition) is 5. The molecule has 1 aromatic rings. The summed E-state index contributed by atoms with van der Waals surface area (Å²) in [5.74, 6) is 0.209. The summed E-state index contributed by atoms with van der Waals surface area (Å²) in [5.41, 5.74) is 0.867. The standard InChI is InChI=1S/C15H24N4O3S/c1-3-5-17-7-8-19(14-11-23(21,22)10-13(14)17)15(20)9-18-6-4-12(2)16-18/h4,6,13-14H,3,5,7-11H2,1-2H3/t13-,14+/m1/s1. The van der Waals surface area contributed by atoms with E-state index in [-0.39, 0.29) is 36.0 Å². The smallest absolute Gasteiger partial charge is 0.244 e. The summed E-state index contributed by atoms with van der Waals surface area (Å²) in [4.78, 5) is 16.6. The lowest BCUT2D eigenvalue weighted by Crippen LogP contribution is -2.61. The third-order valence-corrected chi connectivity index (χ3v) is 6.39. The monoisotopic (exact) mass is 340 g/mol. The zero-order valence-corrected chi connectivity index (χ0v) is 14.5. The Bertz CT molecular complexity index is 685. The molecule has 3 heterocycles. The SMILES string of the molecule is CCCN1CCN(C(=O)Cn2ccc(C)n2)[C@H]2CS(=O)(=O)C[C@H]21. The molecule has 0 unspecified atom stereocenters. The topological polar surface area (TPSA) is 75.5 Å². The maximum absolute atomic E-state index is 12.6. The van der Waals surface area contributed by atoms with E-state index in [1.807, 2.05) is 13.0 Å². The molecule has 0 aliphatic carbocycles. The van der Waals surface area contributed by atoms with Crippen molar-refractivity contribution < 1.29 is 13.2 Å². The summed E-state index contributed by atoms with van der Waals surface area (Å²) in [5, 5.41) is 4.24. The number of carbonyl (C=O) groups is 1. The van der Waals surface area contributed by atoms with Crippen LogP contribution in [0.2, 0.25) is 0 Å². The molecule has 1 aromatic heterocycles. The predicted octanol–water partition coefficient (Wildman–Crippen LogP) is -0.0887. The molecule has 0 bridgehead atoms. The van der Waals surface area contributed by atoms with Gasteiger partial charge in [0.05, 0.1) is 23.2 Å². The highest BCUT2D eigenvalue weighted by Gasteiger charge is 2.47. The van der Waals surface area contributed by atoms with Gasteiger partial charge in [0, 0.05) is 25.3 Å². The molecule has 23 heavy (non-hydrogen) atoms. The molecule has 2 aliphatic heterocycles. The molecule has 1 amide bonds. The molecule has 3 rings (SSSR count). The second-order valence-corrected chi connectivity index (χ2v) is 8.64. The van der Waals surface area contributed by atoms with E-state index in [0.29, 0.717) is 6.54 Å². The van der Waals surface area contributed by atoms with Crippen molar-refractivity contribution in [1.29, 1.82) is 0 Å². The third kappa shape index (κ3) is 3.42. The van der Waals surface area contributed by atoms with Crippen molar-refractivity contribution >= 4 is 15.7 Å². The van der Waals surface area contributed by atoms with Gasteiger partial charge in [-0.1, -0.05) is 6.92 Å². The Hall–Kier alpha value is -1.41. The zero-order valence-electron chi connectivity index (χ0n) is 13.7. The quantitative estimate of drug-likeness (QED) is 0.766. The van der Waals surface area contributed by atoms with Gasteiger partial charge in [0.25, 0.3) is 0 Å². The molecule has 0 aromatic carbocycles. The van der Waals surface area contributed by atoms with E-state index in [9.17, 15) is 13.2 Å². The lowest BCUT2D eigenvalue weighted by Gasteiger charge is -2.43. The van der Waals surface area contributed by atoms with Gasteiger partial charge < -0.3 is 4.90 Å². The second kappa shape index (κ2) is 6.24. The van der Waals surface area contributed by atoms with Crippen LogP contribution in [0.5, 0.6) is 0 Å². The fraction of sp³-hybridized carbons (Fsp3) is 0.733. The van der Waals surface area contributed by atoms with Crippen LogP contribution >= 0.6 is 0 Å². The molecule has 2 fully saturated rings. The van der Waals surface area contributed by atoms with Gasteiger partial charge in [0.1, 0.15) is 6.54 Å². The highest BCUT2D eigenvalue weighted by Crippen LogP contribution is 2.27. The number of aromatic nitrogens is 2. The lowest BCUT2D eigenvalue weighted by molar-refractivity contribution is -0.137. The summed E-state index contributed by atoms with van der Waals surface area (Å²) in [7, 11) is -3.07. The van der Waals surface area contributed by atoms with Crippen molar-refractivity contribution in [2.45, 2.75) is 38.9 Å². The van der Waals surface area contributed by atoms with Gasteiger partial charge in [0.2, 0.25) is 5.91 Å². The summed E-state index contributed by atoms with van der Waals surface area (Å²) < 4.78 is 25.8. The van der Waals surface area contributed by atoms with Gasteiger partial charge in [-0.05, 0) is 26.0 Å². The third-order valence-electron chi connectivity index (χ3n) is 4.69. The number of sulfone groups is 1. The van der Waals surface area contributed by atoms with Gasteiger partial charge in [0.15, 0.2) is 9.84 Å². The molecule has 0 N–H and O–H groups in total. The molecule has 0 saturated carbocycles. The Morgan fingerprint density at radius 2 is 2.04 bits per heavy atom. The van der Waals surface area contributed by atoms with E-state index >= 15 is 0 Å². The van der Waals surface area contributed by atoms with Crippen molar-refractivity contribution in [2.75, 3.05) is 31.1 Å². The normalized spacial score (nSPS) is 27.1. The van der Waals surface area contributed by atoms with Crippen molar-refractivity contribution in [3.8, 4) is 0 Å². The van der Waals surface area contributed by atoms with Crippen LogP contribution in [-0.4, -0.2) is 77.1 Å². The molecule has 2 aliphatic rings. The first kappa shape index (κ1) is 16.4. The maximum atomic E-state index is 12.6. The number of aryl methyl sites for hydroxylation is 1. The van der Waals surface area contributed by atoms with E-state index in [4.69, 9.17) is 0 Å². The molecule has 2 atom stereocenters. The minimum Gasteiger partial charge on any atom is -0.334 e. The van der Waals surface area contributed by atoms with Crippen LogP contribution in [0.15, 0.2) is 12.3 Å². The average Bonchev–Trinajstić information content (AvgIpc) is 3.01. The van der Waals surface area contributed by atoms with Gasteiger partial charge in [-0.15, -0.1) is 0 Å². The van der Waals surface area contributed by atoms with Crippen molar-refractivity contribution in [2.24, 2.45) is 0 Å². The predicted molar refractivity (Wildman–Crippen MR) is 86.8 cm³/mol. The summed E-state index contributed by atoms with van der Waals surface area (Å²) in [6.07, 6.45) is 2.77. The first-order valence-electron chi connectivity index (χ1n) is 8.13. The van der Waals surface area contributed by atoms with E-state index in [0.717, 1.165) is 25.2 Å². The van der Waals surface area contributed by atoms with Crippen LogP contribution in [0.1, 0.15) is 19.0 Å². The van der Waals surface area contributed by atoms with Crippen LogP contribution in [0, 0.1) is 6.92 Å². The molecule has 0 radical (unpaired) electrons. The number of nitrogens with zero attached hydrogens (tertiary/aromatic N) is 4. The Morgan fingerprint density at radius 1 is 1.30 bits per heavy atom. The first-order chi connectivity index (χ1) is 10.9. The molecular weight excluding hydrogens is 316 g/mol. The molecule has 128 valence electrons. The van der Waals surface area contributed by atoms with Gasteiger partial charge >= 0.3 is 0 Å². The molecule has 8 heteroatoms. The Labute approximate surface area is 137 Å². The molecule has 2 saturated heterocycles. The summed E-state index contributed by atoms with van der Waals surface area (Å²) >= 11 is 0. The molecule has 0 spiro atoms. The van der Waals surface area contributed by atoms with Gasteiger partial charge in [-0.25, -0.2) is 8.42 Å². The lowest BCUT2D eigenvalue weighted by atomic mass is 10.0. The number of piperazine rings is 1. The van der Waals surface area contributed by atoms with E-state index < -0.39 is 9.84 Å². The number of hydrogen-bond donors (Lipinski definition) is 0. The Balaban J connectivity index is 1.76. The first-order valence-corrected chi connectivity index (χ1v) is 9.96. The number of rotatable bonds is 4. The molecule has 7 nitrogen and oxygen atoms in total. The highest BCUT2D eigenvalue weighted by atomic mass is 32.2. The van der Waals surface area contributed by atoms with Crippen LogP contribution in [0.3, 0.4) is 0 Å². The van der Waals surface area contributed by atoms with Gasteiger partial charge in [-0.3, -0.25) is 14.4 Å². The van der Waals surface area contributed by atoms with Crippen LogP contribution < -0.4 is 0 Å². The summed E-state index contributed by atoms with van der Waals surface area (Å²) in [6, 6.07) is 1.58. The molecular formula is C15H24N4O3S. The number of carbonyl (C=O) groups excluding carboxylic acids is 1. The van der Waals surface area contributed by atoms with Crippen LogP contribution in [0.4, 0.5) is 0 Å². The van der Waals surface area contributed by atoms with E-state index in [2.05, 4.69) is 16.9 Å². The fourth-order valence-corrected chi connectivity index (χ4v) is 5.69. The highest BCUT2D eigenvalue weighted by molar-refractivity contribution is 7.91. The van der Waals surface area contributed by atoms with Crippen molar-refractivity contribution in [3.05, 3.63) is 18.0 Å². The Kier molecular flexibility index (Phi) is 4.46. The van der Waals surface area contributed by atoms with E-state index in [1.54, 1.807) is 15.8 Å². The van der Waals surface area contributed by atoms with Crippen LogP contribution in [-0.2, 0) is 21.2 Å². The largest absolute Gasteiger partial charge is 0.334 e. The maximum Gasteiger partial charge on any atom is 0.244 e. The number of amides is 1. The zero-order chi connectivity index (χ0) is 16.6. The summed E-state index contributed by atoms with van der Waals surface area (Å²) in [6.45, 7) is 6.37. The van der Waals surface area contributed by atoms with Crippen molar-refractivity contribution in [1.82, 2.24) is 19.6 Å². The van der Waals surface area contributed by atoms with E-state index in [1.165, 1.54) is 0 Å². The van der Waals surface area contributed by atoms with Crippen LogP contribution in [0.25, 0.3) is 0 Å². The van der Waals surface area contributed by atoms with Gasteiger partial charge in [-0.2, -0.15) is 5.10 Å². The fourth-order valence-electron chi connectivity index (χ4n) is 3.68. The minimum absolute atomic E-state index is 0.0450. The second-order valence-electron chi connectivity index (χ2n) is 6.49.